The lowest BCUT2D eigenvalue weighted by molar-refractivity contribution is 0.668. The van der Waals surface area contributed by atoms with E-state index in [1.165, 1.54) is 49.9 Å². The summed E-state index contributed by atoms with van der Waals surface area (Å²) in [6.07, 6.45) is 0. The number of hydrogen-bond acceptors (Lipinski definition) is 3. The van der Waals surface area contributed by atoms with Crippen LogP contribution in [-0.4, -0.2) is 0 Å². The van der Waals surface area contributed by atoms with Crippen LogP contribution in [0, 0.1) is 0 Å². The second-order valence-corrected chi connectivity index (χ2v) is 17.0. The molecule has 0 amide bonds. The van der Waals surface area contributed by atoms with E-state index in [4.69, 9.17) is 8.83 Å². The summed E-state index contributed by atoms with van der Waals surface area (Å²) in [5.74, 6) is 0. The van der Waals surface area contributed by atoms with Gasteiger partial charge in [-0.15, -0.1) is 0 Å². The molecule has 64 heavy (non-hydrogen) atoms. The lowest BCUT2D eigenvalue weighted by Gasteiger charge is -2.32. The van der Waals surface area contributed by atoms with Crippen LogP contribution < -0.4 is 4.90 Å². The molecule has 14 rings (SSSR count). The van der Waals surface area contributed by atoms with Crippen LogP contribution in [0.1, 0.15) is 22.3 Å². The molecule has 0 radical (unpaired) electrons. The average Bonchev–Trinajstić information content (AvgIpc) is 4.10. The van der Waals surface area contributed by atoms with E-state index < -0.39 is 5.41 Å². The molecule has 1 spiro atoms. The van der Waals surface area contributed by atoms with Gasteiger partial charge in [-0.1, -0.05) is 182 Å². The molecule has 2 heterocycles. The van der Waals surface area contributed by atoms with Gasteiger partial charge in [0.15, 0.2) is 0 Å². The highest BCUT2D eigenvalue weighted by Crippen LogP contribution is 2.66. The van der Waals surface area contributed by atoms with Crippen molar-refractivity contribution in [1.82, 2.24) is 0 Å². The Morgan fingerprint density at radius 3 is 1.66 bits per heavy atom. The summed E-state index contributed by atoms with van der Waals surface area (Å²) in [7, 11) is 0. The van der Waals surface area contributed by atoms with Gasteiger partial charge in [-0.25, -0.2) is 0 Å². The first-order valence-corrected chi connectivity index (χ1v) is 22.0. The molecule has 2 aromatic heterocycles. The summed E-state index contributed by atoms with van der Waals surface area (Å²) in [4.78, 5) is 2.48. The van der Waals surface area contributed by atoms with Crippen LogP contribution in [-0.2, 0) is 5.41 Å². The zero-order valence-electron chi connectivity index (χ0n) is 34.6. The van der Waals surface area contributed by atoms with E-state index in [0.717, 1.165) is 77.8 Å². The molecule has 2 aliphatic rings. The molecule has 2 aliphatic carbocycles. The maximum atomic E-state index is 6.54. The molecule has 3 nitrogen and oxygen atoms in total. The Bertz CT molecular complexity index is 3860. The number of furan rings is 2. The van der Waals surface area contributed by atoms with Crippen LogP contribution >= 0.6 is 0 Å². The highest BCUT2D eigenvalue weighted by molar-refractivity contribution is 6.17. The molecular weight excluding hydrogens is 779 g/mol. The minimum Gasteiger partial charge on any atom is -0.456 e. The zero-order valence-corrected chi connectivity index (χ0v) is 34.6. The molecule has 12 aromatic rings. The van der Waals surface area contributed by atoms with Crippen molar-refractivity contribution in [3.63, 3.8) is 0 Å². The van der Waals surface area contributed by atoms with Gasteiger partial charge in [0.2, 0.25) is 0 Å². The maximum absolute atomic E-state index is 6.54. The Labute approximate surface area is 369 Å². The van der Waals surface area contributed by atoms with Gasteiger partial charge in [0.05, 0.1) is 16.8 Å². The number of nitrogens with zero attached hydrogens (tertiary/aromatic N) is 1. The van der Waals surface area contributed by atoms with Crippen molar-refractivity contribution in [3.05, 3.63) is 247 Å². The summed E-state index contributed by atoms with van der Waals surface area (Å²) in [6, 6.07) is 81.5. The van der Waals surface area contributed by atoms with E-state index in [0.29, 0.717) is 0 Å². The number of para-hydroxylation sites is 4. The minimum atomic E-state index is -0.555. The third-order valence-electron chi connectivity index (χ3n) is 13.9. The van der Waals surface area contributed by atoms with Crippen molar-refractivity contribution < 1.29 is 8.83 Å². The van der Waals surface area contributed by atoms with E-state index in [9.17, 15) is 0 Å². The summed E-state index contributed by atoms with van der Waals surface area (Å²) in [5.41, 5.74) is 21.0. The molecule has 3 heteroatoms. The number of rotatable bonds is 5. The molecule has 10 aromatic carbocycles. The molecule has 0 saturated carbocycles. The fraction of sp³-hybridized carbons (Fsp3) is 0.0164. The van der Waals surface area contributed by atoms with Crippen molar-refractivity contribution in [3.8, 4) is 44.5 Å². The number of fused-ring (bicyclic) bond motifs is 17. The summed E-state index contributed by atoms with van der Waals surface area (Å²) >= 11 is 0. The highest BCUT2D eigenvalue weighted by atomic mass is 16.3. The molecule has 0 fully saturated rings. The molecule has 298 valence electrons. The molecule has 0 aliphatic heterocycles. The van der Waals surface area contributed by atoms with Crippen molar-refractivity contribution in [2.75, 3.05) is 4.90 Å². The topological polar surface area (TPSA) is 29.5 Å². The van der Waals surface area contributed by atoms with Crippen LogP contribution in [0.15, 0.2) is 233 Å². The van der Waals surface area contributed by atoms with Gasteiger partial charge in [0, 0.05) is 43.9 Å². The van der Waals surface area contributed by atoms with E-state index in [-0.39, 0.29) is 0 Å². The monoisotopic (exact) mass is 815 g/mol. The molecule has 1 unspecified atom stereocenters. The zero-order chi connectivity index (χ0) is 41.9. The van der Waals surface area contributed by atoms with Crippen LogP contribution in [0.4, 0.5) is 17.1 Å². The van der Waals surface area contributed by atoms with Crippen LogP contribution in [0.25, 0.3) is 88.4 Å². The Morgan fingerprint density at radius 2 is 0.859 bits per heavy atom. The first kappa shape index (κ1) is 35.2. The van der Waals surface area contributed by atoms with Crippen molar-refractivity contribution in [2.45, 2.75) is 5.41 Å². The largest absolute Gasteiger partial charge is 0.456 e. The predicted octanol–water partition coefficient (Wildman–Crippen LogP) is 16.6. The Kier molecular flexibility index (Phi) is 7.32. The lowest BCUT2D eigenvalue weighted by Crippen LogP contribution is -2.26. The van der Waals surface area contributed by atoms with Gasteiger partial charge in [0.25, 0.3) is 0 Å². The fourth-order valence-corrected chi connectivity index (χ4v) is 11.4. The predicted molar refractivity (Wildman–Crippen MR) is 263 cm³/mol. The average molecular weight is 816 g/mol. The van der Waals surface area contributed by atoms with Crippen LogP contribution in [0.2, 0.25) is 0 Å². The number of anilines is 3. The van der Waals surface area contributed by atoms with Gasteiger partial charge in [-0.3, -0.25) is 0 Å². The van der Waals surface area contributed by atoms with Crippen LogP contribution in [0.3, 0.4) is 0 Å². The molecule has 0 bridgehead atoms. The number of benzene rings is 10. The summed E-state index contributed by atoms with van der Waals surface area (Å²) < 4.78 is 13.1. The molecule has 0 saturated heterocycles. The van der Waals surface area contributed by atoms with E-state index in [2.05, 4.69) is 217 Å². The maximum Gasteiger partial charge on any atom is 0.143 e. The summed E-state index contributed by atoms with van der Waals surface area (Å²) in [5, 5.41) is 4.58. The third-order valence-corrected chi connectivity index (χ3v) is 13.9. The van der Waals surface area contributed by atoms with E-state index in [1.54, 1.807) is 0 Å². The second-order valence-electron chi connectivity index (χ2n) is 17.0. The standard InChI is InChI=1S/C61H37NO2/c1-2-16-38(17-3-1)41-18-6-11-28-52(41)62(40-34-32-39(33-35-40)42-23-14-24-44-43-19-7-12-30-54(43)64-60(42)44)53-29-15-27-50-57(53)45-20-4-9-25-48(45)61(50)49-26-10-5-21-46(49)58-51(61)36-37-56-59(58)47-22-8-13-31-55(47)63-56/h1-37H. The lowest BCUT2D eigenvalue weighted by atomic mass is 9.70. The Hall–Kier alpha value is -8.40. The van der Waals surface area contributed by atoms with E-state index >= 15 is 0 Å². The van der Waals surface area contributed by atoms with Gasteiger partial charge in [0.1, 0.15) is 22.3 Å². The quantitative estimate of drug-likeness (QED) is 0.173. The van der Waals surface area contributed by atoms with Crippen molar-refractivity contribution in [2.24, 2.45) is 0 Å². The number of hydrogen-bond donors (Lipinski definition) is 0. The Balaban J connectivity index is 1.03. The molecule has 1 atom stereocenters. The first-order chi connectivity index (χ1) is 31.8. The third kappa shape index (κ3) is 4.70. The highest BCUT2D eigenvalue weighted by Gasteiger charge is 2.53. The van der Waals surface area contributed by atoms with Crippen LogP contribution in [0.5, 0.6) is 0 Å². The normalized spacial score (nSPS) is 14.6. The van der Waals surface area contributed by atoms with Gasteiger partial charge in [-0.05, 0) is 92.5 Å². The smallest absolute Gasteiger partial charge is 0.143 e. The summed E-state index contributed by atoms with van der Waals surface area (Å²) in [6.45, 7) is 0. The van der Waals surface area contributed by atoms with Crippen molar-refractivity contribution in [1.29, 1.82) is 0 Å². The van der Waals surface area contributed by atoms with Gasteiger partial charge in [-0.2, -0.15) is 0 Å². The van der Waals surface area contributed by atoms with E-state index in [1.807, 2.05) is 12.1 Å². The molecular formula is C61H37NO2. The van der Waals surface area contributed by atoms with Crippen molar-refractivity contribution >= 4 is 60.9 Å². The fourth-order valence-electron chi connectivity index (χ4n) is 11.4. The van der Waals surface area contributed by atoms with Gasteiger partial charge < -0.3 is 13.7 Å². The first-order valence-electron chi connectivity index (χ1n) is 22.0. The SMILES string of the molecule is c1ccc(-c2ccccc2N(c2ccc(-c3cccc4c3oc3ccccc34)cc2)c2cccc3c2-c2ccccc2C32c3ccccc3-c3c2ccc2oc4ccccc4c32)cc1. The Morgan fingerprint density at radius 1 is 0.312 bits per heavy atom. The second kappa shape index (κ2) is 13.3. The molecule has 0 N–H and O–H groups in total. The van der Waals surface area contributed by atoms with Gasteiger partial charge >= 0.3 is 0 Å². The minimum absolute atomic E-state index is 0.555.